The van der Waals surface area contributed by atoms with Crippen LogP contribution in [0, 0.1) is 0 Å². The van der Waals surface area contributed by atoms with E-state index in [1.807, 2.05) is 0 Å². The third kappa shape index (κ3) is 3.79. The van der Waals surface area contributed by atoms with Crippen LogP contribution >= 0.6 is 15.9 Å². The van der Waals surface area contributed by atoms with E-state index in [2.05, 4.69) is 21.2 Å². The molecule has 2 rings (SSSR count). The van der Waals surface area contributed by atoms with Gasteiger partial charge < -0.3 is 10.1 Å². The monoisotopic (exact) mass is 373 g/mol. The number of nitrogens with one attached hydrogen (secondary N) is 1. The predicted octanol–water partition coefficient (Wildman–Crippen LogP) is 4.73. The molecule has 22 heavy (non-hydrogen) atoms. The molecular weight excluding hydrogens is 363 g/mol. The Bertz CT molecular complexity index is 701. The molecule has 2 aromatic rings. The van der Waals surface area contributed by atoms with Gasteiger partial charge >= 0.3 is 6.18 Å². The van der Waals surface area contributed by atoms with Crippen LogP contribution < -0.4 is 10.1 Å². The lowest BCUT2D eigenvalue weighted by molar-refractivity contribution is -0.137. The number of carbonyl (C=O) groups is 1. The van der Waals surface area contributed by atoms with Gasteiger partial charge in [-0.15, -0.1) is 0 Å². The average molecular weight is 374 g/mol. The summed E-state index contributed by atoms with van der Waals surface area (Å²) in [7, 11) is 1.43. The van der Waals surface area contributed by atoms with Crippen LogP contribution in [0.2, 0.25) is 0 Å². The number of benzene rings is 2. The smallest absolute Gasteiger partial charge is 0.416 e. The first-order chi connectivity index (χ1) is 10.3. The zero-order chi connectivity index (χ0) is 16.3. The van der Waals surface area contributed by atoms with Crippen molar-refractivity contribution in [1.82, 2.24) is 0 Å². The maximum Gasteiger partial charge on any atom is 0.416 e. The Morgan fingerprint density at radius 1 is 1.18 bits per heavy atom. The molecule has 0 spiro atoms. The molecule has 3 nitrogen and oxygen atoms in total. The van der Waals surface area contributed by atoms with E-state index < -0.39 is 17.6 Å². The Hall–Kier alpha value is -2.02. The van der Waals surface area contributed by atoms with Crippen LogP contribution in [0.15, 0.2) is 46.9 Å². The van der Waals surface area contributed by atoms with Gasteiger partial charge in [0.25, 0.3) is 5.91 Å². The fourth-order valence-corrected chi connectivity index (χ4v) is 2.17. The Labute approximate surface area is 133 Å². The number of carbonyl (C=O) groups excluding carboxylic acids is 1. The quantitative estimate of drug-likeness (QED) is 0.844. The Kier molecular flexibility index (Phi) is 4.75. The second-order valence-electron chi connectivity index (χ2n) is 4.38. The van der Waals surface area contributed by atoms with Crippen LogP contribution in [0.3, 0.4) is 0 Å². The molecule has 0 unspecified atom stereocenters. The predicted molar refractivity (Wildman–Crippen MR) is 80.1 cm³/mol. The Balaban J connectivity index is 2.28. The van der Waals surface area contributed by atoms with Crippen molar-refractivity contribution in [3.05, 3.63) is 58.1 Å². The van der Waals surface area contributed by atoms with Crippen LogP contribution in [0.5, 0.6) is 5.75 Å². The minimum atomic E-state index is -4.50. The number of anilines is 1. The summed E-state index contributed by atoms with van der Waals surface area (Å²) in [5.41, 5.74) is -0.600. The molecule has 0 aromatic heterocycles. The molecular formula is C15H11BrF3NO2. The zero-order valence-corrected chi connectivity index (χ0v) is 13.0. The summed E-state index contributed by atoms with van der Waals surface area (Å²) in [6.45, 7) is 0. The number of halogens is 4. The molecule has 0 saturated carbocycles. The molecule has 116 valence electrons. The first kappa shape index (κ1) is 16.4. The third-order valence-electron chi connectivity index (χ3n) is 2.86. The largest absolute Gasteiger partial charge is 0.495 e. The van der Waals surface area contributed by atoms with Crippen molar-refractivity contribution in [2.24, 2.45) is 0 Å². The number of ether oxygens (including phenoxy) is 1. The van der Waals surface area contributed by atoms with Crippen LogP contribution in [-0.2, 0) is 6.18 Å². The van der Waals surface area contributed by atoms with Crippen LogP contribution in [0.4, 0.5) is 18.9 Å². The fraction of sp³-hybridized carbons (Fsp3) is 0.133. The number of alkyl halides is 3. The van der Waals surface area contributed by atoms with E-state index in [0.717, 1.165) is 12.1 Å². The maximum atomic E-state index is 12.7. The van der Waals surface area contributed by atoms with E-state index in [9.17, 15) is 18.0 Å². The lowest BCUT2D eigenvalue weighted by Gasteiger charge is -2.12. The number of rotatable bonds is 3. The first-order valence-electron chi connectivity index (χ1n) is 6.13. The standard InChI is InChI=1S/C15H11BrF3NO2/c1-22-13-6-5-11(16)8-12(13)20-14(21)9-3-2-4-10(7-9)15(17,18)19/h2-8H,1H3,(H,20,21). The van der Waals surface area contributed by atoms with E-state index in [-0.39, 0.29) is 5.56 Å². The number of hydrogen-bond acceptors (Lipinski definition) is 2. The first-order valence-corrected chi connectivity index (χ1v) is 6.92. The lowest BCUT2D eigenvalue weighted by atomic mass is 10.1. The summed E-state index contributed by atoms with van der Waals surface area (Å²) < 4.78 is 43.8. The van der Waals surface area contributed by atoms with Gasteiger partial charge in [0.1, 0.15) is 5.75 Å². The minimum Gasteiger partial charge on any atom is -0.495 e. The molecule has 0 aliphatic rings. The molecule has 0 atom stereocenters. The second kappa shape index (κ2) is 6.39. The molecule has 1 N–H and O–H groups in total. The normalized spacial score (nSPS) is 11.1. The second-order valence-corrected chi connectivity index (χ2v) is 5.29. The van der Waals surface area contributed by atoms with Gasteiger partial charge in [-0.05, 0) is 36.4 Å². The molecule has 0 bridgehead atoms. The van der Waals surface area contributed by atoms with E-state index >= 15 is 0 Å². The fourth-order valence-electron chi connectivity index (χ4n) is 1.81. The number of methoxy groups -OCH3 is 1. The molecule has 0 aliphatic carbocycles. The zero-order valence-electron chi connectivity index (χ0n) is 11.4. The maximum absolute atomic E-state index is 12.7. The topological polar surface area (TPSA) is 38.3 Å². The van der Waals surface area contributed by atoms with Crippen molar-refractivity contribution in [1.29, 1.82) is 0 Å². The highest BCUT2D eigenvalue weighted by atomic mass is 79.9. The minimum absolute atomic E-state index is 0.0862. The molecule has 2 aromatic carbocycles. The van der Waals surface area contributed by atoms with Gasteiger partial charge in [-0.2, -0.15) is 13.2 Å². The van der Waals surface area contributed by atoms with E-state index in [1.165, 1.54) is 19.2 Å². The van der Waals surface area contributed by atoms with Gasteiger partial charge in [0, 0.05) is 10.0 Å². The average Bonchev–Trinajstić information content (AvgIpc) is 2.47. The Morgan fingerprint density at radius 3 is 2.55 bits per heavy atom. The molecule has 0 heterocycles. The lowest BCUT2D eigenvalue weighted by Crippen LogP contribution is -2.14. The van der Waals surface area contributed by atoms with Crippen molar-refractivity contribution < 1.29 is 22.7 Å². The molecule has 7 heteroatoms. The highest BCUT2D eigenvalue weighted by molar-refractivity contribution is 9.10. The van der Waals surface area contributed by atoms with Gasteiger partial charge in [-0.3, -0.25) is 4.79 Å². The van der Waals surface area contributed by atoms with Crippen LogP contribution in [-0.4, -0.2) is 13.0 Å². The van der Waals surface area contributed by atoms with Crippen molar-refractivity contribution in [2.45, 2.75) is 6.18 Å². The number of hydrogen-bond donors (Lipinski definition) is 1. The molecule has 1 amide bonds. The SMILES string of the molecule is COc1ccc(Br)cc1NC(=O)c1cccc(C(F)(F)F)c1. The van der Waals surface area contributed by atoms with Crippen molar-refractivity contribution >= 4 is 27.5 Å². The van der Waals surface area contributed by atoms with Crippen molar-refractivity contribution in [3.63, 3.8) is 0 Å². The van der Waals surface area contributed by atoms with E-state index in [1.54, 1.807) is 18.2 Å². The summed E-state index contributed by atoms with van der Waals surface area (Å²) in [4.78, 5) is 12.1. The van der Waals surface area contributed by atoms with Crippen molar-refractivity contribution in [3.8, 4) is 5.75 Å². The Morgan fingerprint density at radius 2 is 1.91 bits per heavy atom. The third-order valence-corrected chi connectivity index (χ3v) is 3.36. The summed E-state index contributed by atoms with van der Waals surface area (Å²) in [6, 6.07) is 9.18. The van der Waals surface area contributed by atoms with Crippen LogP contribution in [0.1, 0.15) is 15.9 Å². The van der Waals surface area contributed by atoms with Gasteiger partial charge in [0.2, 0.25) is 0 Å². The van der Waals surface area contributed by atoms with Gasteiger partial charge in [0.15, 0.2) is 0 Å². The van der Waals surface area contributed by atoms with Gasteiger partial charge in [-0.1, -0.05) is 22.0 Å². The summed E-state index contributed by atoms with van der Waals surface area (Å²) in [6.07, 6.45) is -4.50. The summed E-state index contributed by atoms with van der Waals surface area (Å²) in [5, 5.41) is 2.54. The highest BCUT2D eigenvalue weighted by Gasteiger charge is 2.30. The summed E-state index contributed by atoms with van der Waals surface area (Å²) in [5.74, 6) is -0.244. The molecule has 0 aliphatic heterocycles. The van der Waals surface area contributed by atoms with Crippen LogP contribution in [0.25, 0.3) is 0 Å². The van der Waals surface area contributed by atoms with Crippen molar-refractivity contribution in [2.75, 3.05) is 12.4 Å². The number of amides is 1. The van der Waals surface area contributed by atoms with Gasteiger partial charge in [0.05, 0.1) is 18.4 Å². The molecule has 0 fully saturated rings. The van der Waals surface area contributed by atoms with Gasteiger partial charge in [-0.25, -0.2) is 0 Å². The molecule has 0 saturated heterocycles. The molecule has 0 radical (unpaired) electrons. The summed E-state index contributed by atoms with van der Waals surface area (Å²) >= 11 is 3.25. The highest BCUT2D eigenvalue weighted by Crippen LogP contribution is 2.31. The van der Waals surface area contributed by atoms with E-state index in [0.29, 0.717) is 15.9 Å². The van der Waals surface area contributed by atoms with E-state index in [4.69, 9.17) is 4.74 Å².